The van der Waals surface area contributed by atoms with Crippen LogP contribution in [0.2, 0.25) is 5.02 Å². The molecule has 2 aromatic rings. The summed E-state index contributed by atoms with van der Waals surface area (Å²) in [6.07, 6.45) is 0.376. The number of hydrogen-bond donors (Lipinski definition) is 1. The van der Waals surface area contributed by atoms with Crippen molar-refractivity contribution in [3.63, 3.8) is 0 Å². The maximum absolute atomic E-state index is 10.9. The fourth-order valence-corrected chi connectivity index (χ4v) is 2.36. The summed E-state index contributed by atoms with van der Waals surface area (Å²) in [5.74, 6) is -0.923. The third kappa shape index (κ3) is 4.31. The third-order valence-corrected chi connectivity index (χ3v) is 3.60. The number of rotatable bonds is 6. The first-order valence-electron chi connectivity index (χ1n) is 6.70. The number of benzene rings is 2. The normalized spacial score (nSPS) is 12.1. The second kappa shape index (κ2) is 7.25. The molecule has 1 N–H and O–H groups in total. The topological polar surface area (TPSA) is 46.5 Å². The Bertz CT molecular complexity index is 608. The highest BCUT2D eigenvalue weighted by molar-refractivity contribution is 6.30. The molecule has 21 heavy (non-hydrogen) atoms. The minimum Gasteiger partial charge on any atom is -0.479 e. The van der Waals surface area contributed by atoms with Gasteiger partial charge in [0.15, 0.2) is 6.10 Å². The van der Waals surface area contributed by atoms with Gasteiger partial charge in [0, 0.05) is 12.1 Å². The van der Waals surface area contributed by atoms with E-state index in [1.807, 2.05) is 48.5 Å². The van der Waals surface area contributed by atoms with Crippen molar-refractivity contribution in [2.75, 3.05) is 7.11 Å². The Morgan fingerprint density at radius 3 is 2.48 bits per heavy atom. The predicted molar refractivity (Wildman–Crippen MR) is 83.6 cm³/mol. The van der Waals surface area contributed by atoms with E-state index in [1.165, 1.54) is 7.11 Å². The molecule has 1 atom stereocenters. The minimum atomic E-state index is -0.923. The fourth-order valence-electron chi connectivity index (χ4n) is 2.17. The van der Waals surface area contributed by atoms with Crippen molar-refractivity contribution in [1.82, 2.24) is 0 Å². The van der Waals surface area contributed by atoms with Gasteiger partial charge in [0.2, 0.25) is 0 Å². The van der Waals surface area contributed by atoms with Gasteiger partial charge in [-0.05, 0) is 41.7 Å². The molecule has 0 amide bonds. The Morgan fingerprint density at radius 2 is 1.90 bits per heavy atom. The summed E-state index contributed by atoms with van der Waals surface area (Å²) in [6, 6.07) is 15.7. The SMILES string of the molecule is COC(CCc1ccc(-c2cccc(Cl)c2)cc1)C(=O)O. The van der Waals surface area contributed by atoms with Crippen LogP contribution in [0.3, 0.4) is 0 Å². The Morgan fingerprint density at radius 1 is 1.19 bits per heavy atom. The quantitative estimate of drug-likeness (QED) is 0.876. The molecule has 0 heterocycles. The number of ether oxygens (including phenoxy) is 1. The highest BCUT2D eigenvalue weighted by atomic mass is 35.5. The molecule has 110 valence electrons. The van der Waals surface area contributed by atoms with Gasteiger partial charge >= 0.3 is 5.97 Å². The number of hydrogen-bond acceptors (Lipinski definition) is 2. The van der Waals surface area contributed by atoms with Crippen molar-refractivity contribution in [2.45, 2.75) is 18.9 Å². The summed E-state index contributed by atoms with van der Waals surface area (Å²) >= 11 is 5.99. The molecule has 4 heteroatoms. The van der Waals surface area contributed by atoms with E-state index in [4.69, 9.17) is 21.4 Å². The Labute approximate surface area is 129 Å². The predicted octanol–water partition coefficient (Wildman–Crippen LogP) is 4.04. The monoisotopic (exact) mass is 304 g/mol. The van der Waals surface area contributed by atoms with Gasteiger partial charge in [-0.1, -0.05) is 48.0 Å². The summed E-state index contributed by atoms with van der Waals surface area (Å²) in [5.41, 5.74) is 3.24. The molecule has 2 rings (SSSR count). The molecule has 0 saturated heterocycles. The molecular formula is C17H17ClO3. The highest BCUT2D eigenvalue weighted by Gasteiger charge is 2.15. The standard InChI is InChI=1S/C17H17ClO3/c1-21-16(17(19)20)10-7-12-5-8-13(9-6-12)14-3-2-4-15(18)11-14/h2-6,8-9,11,16H,7,10H2,1H3,(H,19,20). The van der Waals surface area contributed by atoms with Crippen LogP contribution < -0.4 is 0 Å². The maximum Gasteiger partial charge on any atom is 0.332 e. The molecule has 0 aliphatic rings. The van der Waals surface area contributed by atoms with E-state index in [0.29, 0.717) is 17.9 Å². The summed E-state index contributed by atoms with van der Waals surface area (Å²) in [5, 5.41) is 9.64. The Balaban J connectivity index is 2.04. The average molecular weight is 305 g/mol. The van der Waals surface area contributed by atoms with Gasteiger partial charge in [-0.25, -0.2) is 4.79 Å². The first-order valence-corrected chi connectivity index (χ1v) is 7.08. The summed E-state index contributed by atoms with van der Waals surface area (Å²) in [7, 11) is 1.42. The lowest BCUT2D eigenvalue weighted by Gasteiger charge is -2.10. The Hall–Kier alpha value is -1.84. The van der Waals surface area contributed by atoms with Gasteiger partial charge in [-0.2, -0.15) is 0 Å². The lowest BCUT2D eigenvalue weighted by atomic mass is 10.0. The number of aliphatic carboxylic acids is 1. The van der Waals surface area contributed by atoms with E-state index in [1.54, 1.807) is 0 Å². The zero-order chi connectivity index (χ0) is 15.2. The van der Waals surface area contributed by atoms with Gasteiger partial charge in [0.1, 0.15) is 0 Å². The first kappa shape index (κ1) is 15.5. The molecule has 1 unspecified atom stereocenters. The molecule has 0 saturated carbocycles. The number of carboxylic acids is 1. The molecule has 0 radical (unpaired) electrons. The molecule has 3 nitrogen and oxygen atoms in total. The van der Waals surface area contributed by atoms with E-state index in [0.717, 1.165) is 16.7 Å². The smallest absolute Gasteiger partial charge is 0.332 e. The van der Waals surface area contributed by atoms with E-state index in [9.17, 15) is 4.79 Å². The van der Waals surface area contributed by atoms with E-state index >= 15 is 0 Å². The average Bonchev–Trinajstić information content (AvgIpc) is 2.48. The molecule has 0 aromatic heterocycles. The van der Waals surface area contributed by atoms with E-state index in [-0.39, 0.29) is 0 Å². The summed E-state index contributed by atoms with van der Waals surface area (Å²) in [4.78, 5) is 10.9. The number of carbonyl (C=O) groups is 1. The van der Waals surface area contributed by atoms with Crippen molar-refractivity contribution >= 4 is 17.6 Å². The summed E-state index contributed by atoms with van der Waals surface area (Å²) in [6.45, 7) is 0. The van der Waals surface area contributed by atoms with E-state index in [2.05, 4.69) is 0 Å². The zero-order valence-electron chi connectivity index (χ0n) is 11.8. The van der Waals surface area contributed by atoms with Crippen LogP contribution in [0.5, 0.6) is 0 Å². The van der Waals surface area contributed by atoms with Gasteiger partial charge in [0.25, 0.3) is 0 Å². The minimum absolute atomic E-state index is 0.461. The summed E-state index contributed by atoms with van der Waals surface area (Å²) < 4.78 is 4.93. The van der Waals surface area contributed by atoms with Crippen LogP contribution >= 0.6 is 11.6 Å². The number of aryl methyl sites for hydroxylation is 1. The zero-order valence-corrected chi connectivity index (χ0v) is 12.5. The van der Waals surface area contributed by atoms with Crippen LogP contribution in [0.4, 0.5) is 0 Å². The Kier molecular flexibility index (Phi) is 5.37. The molecule has 0 spiro atoms. The fraction of sp³-hybridized carbons (Fsp3) is 0.235. The maximum atomic E-state index is 10.9. The van der Waals surface area contributed by atoms with Gasteiger partial charge in [0.05, 0.1) is 0 Å². The van der Waals surface area contributed by atoms with Crippen LogP contribution in [0.25, 0.3) is 11.1 Å². The largest absolute Gasteiger partial charge is 0.479 e. The lowest BCUT2D eigenvalue weighted by molar-refractivity contribution is -0.148. The lowest BCUT2D eigenvalue weighted by Crippen LogP contribution is -2.22. The molecule has 0 bridgehead atoms. The third-order valence-electron chi connectivity index (χ3n) is 3.37. The number of carboxylic acid groups (broad SMARTS) is 1. The molecule has 2 aromatic carbocycles. The highest BCUT2D eigenvalue weighted by Crippen LogP contribution is 2.23. The van der Waals surface area contributed by atoms with Crippen LogP contribution in [0.15, 0.2) is 48.5 Å². The second-order valence-electron chi connectivity index (χ2n) is 4.81. The van der Waals surface area contributed by atoms with Gasteiger partial charge < -0.3 is 9.84 Å². The van der Waals surface area contributed by atoms with Crippen molar-refractivity contribution in [2.24, 2.45) is 0 Å². The molecule has 0 aliphatic heterocycles. The molecular weight excluding hydrogens is 288 g/mol. The number of methoxy groups -OCH3 is 1. The van der Waals surface area contributed by atoms with Crippen molar-refractivity contribution in [1.29, 1.82) is 0 Å². The molecule has 0 fully saturated rings. The first-order chi connectivity index (χ1) is 10.1. The molecule has 0 aliphatic carbocycles. The van der Waals surface area contributed by atoms with E-state index < -0.39 is 12.1 Å². The van der Waals surface area contributed by atoms with Crippen molar-refractivity contribution in [3.05, 3.63) is 59.1 Å². The van der Waals surface area contributed by atoms with Crippen molar-refractivity contribution < 1.29 is 14.6 Å². The number of halogens is 1. The van der Waals surface area contributed by atoms with Crippen LogP contribution in [-0.2, 0) is 16.0 Å². The van der Waals surface area contributed by atoms with Gasteiger partial charge in [-0.15, -0.1) is 0 Å². The van der Waals surface area contributed by atoms with Crippen molar-refractivity contribution in [3.8, 4) is 11.1 Å². The van der Waals surface area contributed by atoms with Gasteiger partial charge in [-0.3, -0.25) is 0 Å². The van der Waals surface area contributed by atoms with Crippen LogP contribution in [-0.4, -0.2) is 24.3 Å². The second-order valence-corrected chi connectivity index (χ2v) is 5.24. The van der Waals surface area contributed by atoms with Crippen LogP contribution in [0, 0.1) is 0 Å². The van der Waals surface area contributed by atoms with Crippen LogP contribution in [0.1, 0.15) is 12.0 Å².